The SMILES string of the molecule is Cc1cn(CC(C)C)c(NC(C)CCc2ccccc2)n1. The highest BCUT2D eigenvalue weighted by Crippen LogP contribution is 2.14. The zero-order valence-electron chi connectivity index (χ0n) is 13.6. The van der Waals surface area contributed by atoms with Crippen LogP contribution in [0.1, 0.15) is 38.4 Å². The second-order valence-electron chi connectivity index (χ2n) is 6.32. The van der Waals surface area contributed by atoms with Crippen LogP contribution in [-0.2, 0) is 13.0 Å². The van der Waals surface area contributed by atoms with Crippen molar-refractivity contribution in [3.05, 3.63) is 47.8 Å². The molecule has 3 nitrogen and oxygen atoms in total. The van der Waals surface area contributed by atoms with Crippen molar-refractivity contribution < 1.29 is 0 Å². The smallest absolute Gasteiger partial charge is 0.203 e. The molecule has 0 bridgehead atoms. The maximum atomic E-state index is 4.61. The molecule has 114 valence electrons. The van der Waals surface area contributed by atoms with Gasteiger partial charge in [0.2, 0.25) is 5.95 Å². The third-order valence-corrected chi connectivity index (χ3v) is 3.54. The molecule has 3 heteroatoms. The number of nitrogens with zero attached hydrogens (tertiary/aromatic N) is 2. The molecule has 2 rings (SSSR count). The van der Waals surface area contributed by atoms with E-state index in [1.807, 2.05) is 0 Å². The van der Waals surface area contributed by atoms with Gasteiger partial charge < -0.3 is 9.88 Å². The fourth-order valence-corrected chi connectivity index (χ4v) is 2.51. The summed E-state index contributed by atoms with van der Waals surface area (Å²) in [4.78, 5) is 4.61. The Morgan fingerprint density at radius 1 is 1.14 bits per heavy atom. The minimum atomic E-state index is 0.415. The van der Waals surface area contributed by atoms with Crippen molar-refractivity contribution in [3.63, 3.8) is 0 Å². The van der Waals surface area contributed by atoms with E-state index in [1.165, 1.54) is 5.56 Å². The zero-order valence-corrected chi connectivity index (χ0v) is 13.6. The van der Waals surface area contributed by atoms with Crippen LogP contribution in [0, 0.1) is 12.8 Å². The van der Waals surface area contributed by atoms with Gasteiger partial charge in [0.1, 0.15) is 0 Å². The molecule has 0 radical (unpaired) electrons. The van der Waals surface area contributed by atoms with E-state index < -0.39 is 0 Å². The summed E-state index contributed by atoms with van der Waals surface area (Å²) in [6.07, 6.45) is 4.34. The van der Waals surface area contributed by atoms with Crippen LogP contribution in [0.3, 0.4) is 0 Å². The molecule has 1 heterocycles. The lowest BCUT2D eigenvalue weighted by molar-refractivity contribution is 0.523. The second kappa shape index (κ2) is 7.30. The van der Waals surface area contributed by atoms with Crippen molar-refractivity contribution in [1.29, 1.82) is 0 Å². The largest absolute Gasteiger partial charge is 0.353 e. The first-order valence-electron chi connectivity index (χ1n) is 7.89. The number of hydrogen-bond donors (Lipinski definition) is 1. The summed E-state index contributed by atoms with van der Waals surface area (Å²) in [5.74, 6) is 1.63. The van der Waals surface area contributed by atoms with E-state index in [0.717, 1.165) is 31.0 Å². The van der Waals surface area contributed by atoms with E-state index in [4.69, 9.17) is 0 Å². The number of rotatable bonds is 7. The molecule has 0 spiro atoms. The molecule has 21 heavy (non-hydrogen) atoms. The monoisotopic (exact) mass is 285 g/mol. The zero-order chi connectivity index (χ0) is 15.2. The van der Waals surface area contributed by atoms with Crippen LogP contribution in [-0.4, -0.2) is 15.6 Å². The first-order valence-corrected chi connectivity index (χ1v) is 7.89. The Morgan fingerprint density at radius 3 is 2.52 bits per heavy atom. The van der Waals surface area contributed by atoms with Crippen molar-refractivity contribution in [2.45, 2.75) is 53.1 Å². The molecule has 1 N–H and O–H groups in total. The van der Waals surface area contributed by atoms with E-state index in [-0.39, 0.29) is 0 Å². The summed E-state index contributed by atoms with van der Waals surface area (Å²) in [6.45, 7) is 9.76. The van der Waals surface area contributed by atoms with Gasteiger partial charge in [-0.25, -0.2) is 4.98 Å². The predicted molar refractivity (Wildman–Crippen MR) is 89.6 cm³/mol. The van der Waals surface area contributed by atoms with Crippen molar-refractivity contribution in [1.82, 2.24) is 9.55 Å². The summed E-state index contributed by atoms with van der Waals surface area (Å²) in [5.41, 5.74) is 2.47. The molecular weight excluding hydrogens is 258 g/mol. The Kier molecular flexibility index (Phi) is 5.43. The minimum absolute atomic E-state index is 0.415. The van der Waals surface area contributed by atoms with E-state index in [2.05, 4.69) is 79.1 Å². The molecule has 1 aromatic heterocycles. The van der Waals surface area contributed by atoms with E-state index in [0.29, 0.717) is 12.0 Å². The normalized spacial score (nSPS) is 12.6. The summed E-state index contributed by atoms with van der Waals surface area (Å²) in [7, 11) is 0. The fourth-order valence-electron chi connectivity index (χ4n) is 2.51. The van der Waals surface area contributed by atoms with Gasteiger partial charge in [0.05, 0.1) is 5.69 Å². The second-order valence-corrected chi connectivity index (χ2v) is 6.32. The van der Waals surface area contributed by atoms with Crippen molar-refractivity contribution in [2.75, 3.05) is 5.32 Å². The molecule has 0 aliphatic rings. The molecule has 1 aromatic carbocycles. The lowest BCUT2D eigenvalue weighted by Gasteiger charge is -2.17. The van der Waals surface area contributed by atoms with Gasteiger partial charge >= 0.3 is 0 Å². The third-order valence-electron chi connectivity index (χ3n) is 3.54. The first kappa shape index (κ1) is 15.6. The Bertz CT molecular complexity index is 543. The topological polar surface area (TPSA) is 29.9 Å². The number of imidazole rings is 1. The minimum Gasteiger partial charge on any atom is -0.353 e. The molecule has 0 fully saturated rings. The van der Waals surface area contributed by atoms with Crippen molar-refractivity contribution >= 4 is 5.95 Å². The van der Waals surface area contributed by atoms with Gasteiger partial charge in [-0.05, 0) is 38.2 Å². The Labute approximate surface area is 128 Å². The maximum absolute atomic E-state index is 4.61. The van der Waals surface area contributed by atoms with E-state index in [9.17, 15) is 0 Å². The molecule has 0 aliphatic heterocycles. The summed E-state index contributed by atoms with van der Waals surface area (Å²) in [6, 6.07) is 11.1. The van der Waals surface area contributed by atoms with E-state index in [1.54, 1.807) is 0 Å². The average Bonchev–Trinajstić information content (AvgIpc) is 2.76. The molecule has 0 amide bonds. The molecule has 1 unspecified atom stereocenters. The lowest BCUT2D eigenvalue weighted by Crippen LogP contribution is -2.20. The number of benzene rings is 1. The summed E-state index contributed by atoms with van der Waals surface area (Å²) < 4.78 is 2.24. The standard InChI is InChI=1S/C18H27N3/c1-14(2)12-21-13-16(4)20-18(21)19-15(3)10-11-17-8-6-5-7-9-17/h5-9,13-15H,10-12H2,1-4H3,(H,19,20). The van der Waals surface area contributed by atoms with Crippen LogP contribution in [0.15, 0.2) is 36.5 Å². The fraction of sp³-hybridized carbons (Fsp3) is 0.500. The number of anilines is 1. The third kappa shape index (κ3) is 4.92. The van der Waals surface area contributed by atoms with Crippen LogP contribution in [0.5, 0.6) is 0 Å². The molecule has 0 aliphatic carbocycles. The molecule has 0 saturated carbocycles. The quantitative estimate of drug-likeness (QED) is 0.823. The van der Waals surface area contributed by atoms with Crippen LogP contribution in [0.4, 0.5) is 5.95 Å². The van der Waals surface area contributed by atoms with Gasteiger partial charge in [0.25, 0.3) is 0 Å². The van der Waals surface area contributed by atoms with Gasteiger partial charge in [0.15, 0.2) is 0 Å². The van der Waals surface area contributed by atoms with Crippen LogP contribution < -0.4 is 5.32 Å². The van der Waals surface area contributed by atoms with Gasteiger partial charge in [-0.3, -0.25) is 0 Å². The van der Waals surface area contributed by atoms with Gasteiger partial charge in [-0.1, -0.05) is 44.2 Å². The maximum Gasteiger partial charge on any atom is 0.203 e. The number of aromatic nitrogens is 2. The van der Waals surface area contributed by atoms with Gasteiger partial charge in [0, 0.05) is 18.8 Å². The highest BCUT2D eigenvalue weighted by atomic mass is 15.2. The van der Waals surface area contributed by atoms with Crippen LogP contribution >= 0.6 is 0 Å². The predicted octanol–water partition coefficient (Wildman–Crippen LogP) is 4.28. The molecule has 1 atom stereocenters. The Hall–Kier alpha value is -1.77. The van der Waals surface area contributed by atoms with Crippen molar-refractivity contribution in [3.8, 4) is 0 Å². The molecular formula is C18H27N3. The lowest BCUT2D eigenvalue weighted by atomic mass is 10.1. The average molecular weight is 285 g/mol. The number of aryl methyl sites for hydroxylation is 2. The van der Waals surface area contributed by atoms with Gasteiger partial charge in [-0.15, -0.1) is 0 Å². The molecule has 0 saturated heterocycles. The van der Waals surface area contributed by atoms with Gasteiger partial charge in [-0.2, -0.15) is 0 Å². The van der Waals surface area contributed by atoms with Crippen LogP contribution in [0.25, 0.3) is 0 Å². The van der Waals surface area contributed by atoms with Crippen molar-refractivity contribution in [2.24, 2.45) is 5.92 Å². The molecule has 2 aromatic rings. The Balaban J connectivity index is 1.91. The van der Waals surface area contributed by atoms with E-state index >= 15 is 0 Å². The number of nitrogens with one attached hydrogen (secondary N) is 1. The first-order chi connectivity index (χ1) is 10.0. The number of hydrogen-bond acceptors (Lipinski definition) is 2. The highest BCUT2D eigenvalue weighted by molar-refractivity contribution is 5.30. The van der Waals surface area contributed by atoms with Crippen LogP contribution in [0.2, 0.25) is 0 Å². The summed E-state index contributed by atoms with van der Waals surface area (Å²) >= 11 is 0. The highest BCUT2D eigenvalue weighted by Gasteiger charge is 2.10. The Morgan fingerprint density at radius 2 is 1.86 bits per heavy atom. The summed E-state index contributed by atoms with van der Waals surface area (Å²) in [5, 5.41) is 3.56.